The second kappa shape index (κ2) is 6.80. The summed E-state index contributed by atoms with van der Waals surface area (Å²) in [7, 11) is 1.60. The third-order valence-electron chi connectivity index (χ3n) is 4.47. The zero-order chi connectivity index (χ0) is 20.8. The van der Waals surface area contributed by atoms with Crippen molar-refractivity contribution in [1.29, 1.82) is 0 Å². The molecule has 0 aliphatic heterocycles. The van der Waals surface area contributed by atoms with Gasteiger partial charge in [-0.1, -0.05) is 18.2 Å². The fourth-order valence-corrected chi connectivity index (χ4v) is 3.13. The summed E-state index contributed by atoms with van der Waals surface area (Å²) in [4.78, 5) is 23.9. The van der Waals surface area contributed by atoms with E-state index >= 15 is 0 Å². The Hall–Kier alpha value is -3.56. The maximum Gasteiger partial charge on any atom is 0.416 e. The molecule has 0 saturated heterocycles. The largest absolute Gasteiger partial charge is 0.460 e. The van der Waals surface area contributed by atoms with Gasteiger partial charge in [-0.05, 0) is 30.7 Å². The Morgan fingerprint density at radius 3 is 2.59 bits per heavy atom. The van der Waals surface area contributed by atoms with Gasteiger partial charge in [0.15, 0.2) is 11.4 Å². The van der Waals surface area contributed by atoms with Crippen LogP contribution in [0.5, 0.6) is 0 Å². The fourth-order valence-electron chi connectivity index (χ4n) is 3.13. The Balaban J connectivity index is 1.92. The van der Waals surface area contributed by atoms with Gasteiger partial charge in [0.05, 0.1) is 12.1 Å². The number of aryl methyl sites for hydroxylation is 1. The standard InChI is InChI=1S/C19H16F3N5O2/c1-10-7-8-13(29-10)14-15-16(26-17(23-2)24-14)27(18(28)25-15)9-11-5-3-4-6-12(11)19(20,21)22/h3-8H,9H2,1-2H3,(H,25,28)(H,23,24,26). The first-order valence-corrected chi connectivity index (χ1v) is 8.68. The number of fused-ring (bicyclic) bond motifs is 1. The summed E-state index contributed by atoms with van der Waals surface area (Å²) in [5.74, 6) is 1.27. The number of nitrogens with zero attached hydrogens (tertiary/aromatic N) is 3. The number of halogens is 3. The average molecular weight is 403 g/mol. The molecule has 0 radical (unpaired) electrons. The zero-order valence-corrected chi connectivity index (χ0v) is 15.5. The highest BCUT2D eigenvalue weighted by Gasteiger charge is 2.33. The van der Waals surface area contributed by atoms with E-state index in [-0.39, 0.29) is 29.2 Å². The molecule has 0 atom stereocenters. The Labute approximate surface area is 162 Å². The normalized spacial score (nSPS) is 11.9. The third kappa shape index (κ3) is 3.37. The number of rotatable bonds is 4. The van der Waals surface area contributed by atoms with Crippen LogP contribution in [-0.2, 0) is 12.7 Å². The minimum Gasteiger partial charge on any atom is -0.460 e. The molecule has 0 spiro atoms. The van der Waals surface area contributed by atoms with Gasteiger partial charge >= 0.3 is 11.9 Å². The van der Waals surface area contributed by atoms with Crippen molar-refractivity contribution in [3.63, 3.8) is 0 Å². The highest BCUT2D eigenvalue weighted by molar-refractivity contribution is 5.86. The van der Waals surface area contributed by atoms with Gasteiger partial charge in [-0.3, -0.25) is 4.57 Å². The lowest BCUT2D eigenvalue weighted by Gasteiger charge is -2.13. The highest BCUT2D eigenvalue weighted by Crippen LogP contribution is 2.33. The second-order valence-electron chi connectivity index (χ2n) is 6.43. The van der Waals surface area contributed by atoms with Gasteiger partial charge in [0.2, 0.25) is 5.95 Å². The minimum absolute atomic E-state index is 0.0389. The van der Waals surface area contributed by atoms with Crippen LogP contribution in [0, 0.1) is 6.92 Å². The summed E-state index contributed by atoms with van der Waals surface area (Å²) in [6.07, 6.45) is -4.53. The van der Waals surface area contributed by atoms with Crippen LogP contribution in [-0.4, -0.2) is 26.6 Å². The van der Waals surface area contributed by atoms with Crippen LogP contribution in [0.4, 0.5) is 19.1 Å². The molecule has 0 saturated carbocycles. The maximum atomic E-state index is 13.4. The molecule has 0 bridgehead atoms. The topological polar surface area (TPSA) is 88.7 Å². The SMILES string of the molecule is CNc1nc(-c2ccc(C)o2)c2[nH]c(=O)n(Cc3ccccc3C(F)(F)F)c2n1. The van der Waals surface area contributed by atoms with Crippen LogP contribution in [0.1, 0.15) is 16.9 Å². The van der Waals surface area contributed by atoms with Gasteiger partial charge in [-0.25, -0.2) is 9.78 Å². The van der Waals surface area contributed by atoms with Crippen molar-refractivity contribution in [2.75, 3.05) is 12.4 Å². The number of benzene rings is 1. The number of H-pyrrole nitrogens is 1. The van der Waals surface area contributed by atoms with Crippen molar-refractivity contribution < 1.29 is 17.6 Å². The Morgan fingerprint density at radius 2 is 1.93 bits per heavy atom. The van der Waals surface area contributed by atoms with Gasteiger partial charge in [-0.15, -0.1) is 0 Å². The number of nitrogens with one attached hydrogen (secondary N) is 2. The van der Waals surface area contributed by atoms with E-state index in [1.54, 1.807) is 26.1 Å². The van der Waals surface area contributed by atoms with E-state index in [0.717, 1.165) is 10.6 Å². The van der Waals surface area contributed by atoms with Crippen LogP contribution in [0.25, 0.3) is 22.6 Å². The predicted molar refractivity (Wildman–Crippen MR) is 101 cm³/mol. The molecule has 0 aliphatic rings. The van der Waals surface area contributed by atoms with Crippen molar-refractivity contribution in [2.24, 2.45) is 0 Å². The third-order valence-corrected chi connectivity index (χ3v) is 4.47. The molecule has 0 amide bonds. The van der Waals surface area contributed by atoms with Crippen LogP contribution >= 0.6 is 0 Å². The lowest BCUT2D eigenvalue weighted by Crippen LogP contribution is -2.20. The van der Waals surface area contributed by atoms with Crippen LogP contribution in [0.2, 0.25) is 0 Å². The molecule has 1 aromatic carbocycles. The molecule has 10 heteroatoms. The van der Waals surface area contributed by atoms with E-state index in [9.17, 15) is 18.0 Å². The zero-order valence-electron chi connectivity index (χ0n) is 15.5. The Bertz CT molecular complexity index is 1250. The maximum absolute atomic E-state index is 13.4. The van der Waals surface area contributed by atoms with Gasteiger partial charge in [0.25, 0.3) is 0 Å². The van der Waals surface area contributed by atoms with Gasteiger partial charge in [0.1, 0.15) is 17.0 Å². The van der Waals surface area contributed by atoms with E-state index in [1.165, 1.54) is 18.2 Å². The van der Waals surface area contributed by atoms with E-state index in [2.05, 4.69) is 20.3 Å². The lowest BCUT2D eigenvalue weighted by molar-refractivity contribution is -0.138. The summed E-state index contributed by atoms with van der Waals surface area (Å²) in [6.45, 7) is 1.47. The first-order chi connectivity index (χ1) is 13.8. The quantitative estimate of drug-likeness (QED) is 0.541. The van der Waals surface area contributed by atoms with Crippen molar-refractivity contribution in [3.8, 4) is 11.5 Å². The second-order valence-corrected chi connectivity index (χ2v) is 6.43. The number of imidazole rings is 1. The van der Waals surface area contributed by atoms with E-state index in [1.807, 2.05) is 0 Å². The van der Waals surface area contributed by atoms with Crippen molar-refractivity contribution >= 4 is 17.1 Å². The number of aromatic amines is 1. The Morgan fingerprint density at radius 1 is 1.17 bits per heavy atom. The number of hydrogen-bond donors (Lipinski definition) is 2. The molecule has 150 valence electrons. The minimum atomic E-state index is -4.53. The molecule has 3 heterocycles. The molecule has 0 aliphatic carbocycles. The van der Waals surface area contributed by atoms with Gasteiger partial charge in [-0.2, -0.15) is 18.2 Å². The van der Waals surface area contributed by atoms with E-state index in [0.29, 0.717) is 17.2 Å². The summed E-state index contributed by atoms with van der Waals surface area (Å²) >= 11 is 0. The molecule has 29 heavy (non-hydrogen) atoms. The fraction of sp³-hybridized carbons (Fsp3) is 0.211. The van der Waals surface area contributed by atoms with Gasteiger partial charge < -0.3 is 14.7 Å². The summed E-state index contributed by atoms with van der Waals surface area (Å²) in [6, 6.07) is 8.58. The molecule has 4 rings (SSSR count). The van der Waals surface area contributed by atoms with Crippen LogP contribution in [0.15, 0.2) is 45.6 Å². The van der Waals surface area contributed by atoms with Crippen LogP contribution < -0.4 is 11.0 Å². The number of hydrogen-bond acceptors (Lipinski definition) is 5. The summed E-state index contributed by atoms with van der Waals surface area (Å²) in [5, 5.41) is 2.80. The monoisotopic (exact) mass is 403 g/mol. The van der Waals surface area contributed by atoms with E-state index in [4.69, 9.17) is 4.42 Å². The van der Waals surface area contributed by atoms with Gasteiger partial charge in [0, 0.05) is 7.05 Å². The predicted octanol–water partition coefficient (Wildman–Crippen LogP) is 3.80. The lowest BCUT2D eigenvalue weighted by atomic mass is 10.1. The first kappa shape index (κ1) is 18.8. The molecule has 3 aromatic heterocycles. The number of alkyl halides is 3. The van der Waals surface area contributed by atoms with Crippen LogP contribution in [0.3, 0.4) is 0 Å². The molecule has 4 aromatic rings. The Kier molecular flexibility index (Phi) is 4.40. The van der Waals surface area contributed by atoms with Crippen molar-refractivity contribution in [2.45, 2.75) is 19.6 Å². The molecular formula is C19H16F3N5O2. The molecule has 0 fully saturated rings. The molecule has 7 nitrogen and oxygen atoms in total. The van der Waals surface area contributed by atoms with E-state index < -0.39 is 17.4 Å². The number of furan rings is 1. The smallest absolute Gasteiger partial charge is 0.416 e. The number of aromatic nitrogens is 4. The average Bonchev–Trinajstić information content (AvgIpc) is 3.24. The summed E-state index contributed by atoms with van der Waals surface area (Å²) < 4.78 is 46.8. The molecule has 0 unspecified atom stereocenters. The van der Waals surface area contributed by atoms with Crippen molar-refractivity contribution in [3.05, 3.63) is 63.8 Å². The highest BCUT2D eigenvalue weighted by atomic mass is 19.4. The summed E-state index contributed by atoms with van der Waals surface area (Å²) in [5.41, 5.74) is -0.631. The van der Waals surface area contributed by atoms with Crippen molar-refractivity contribution in [1.82, 2.24) is 19.5 Å². The first-order valence-electron chi connectivity index (χ1n) is 8.68. The molecular weight excluding hydrogens is 387 g/mol. The molecule has 2 N–H and O–H groups in total. The number of anilines is 1.